The molecule has 0 spiro atoms. The molecule has 0 fully saturated rings. The number of nitrogens with zero attached hydrogens (tertiary/aromatic N) is 1. The molecule has 19 heavy (non-hydrogen) atoms. The van der Waals surface area contributed by atoms with E-state index in [0.717, 1.165) is 6.42 Å². The molecule has 0 bridgehead atoms. The molecule has 6 heteroatoms. The van der Waals surface area contributed by atoms with Gasteiger partial charge in [-0.2, -0.15) is 5.26 Å². The highest BCUT2D eigenvalue weighted by atomic mass is 32.1. The van der Waals surface area contributed by atoms with Crippen molar-refractivity contribution in [2.75, 3.05) is 25.1 Å². The fourth-order valence-electron chi connectivity index (χ4n) is 1.37. The van der Waals surface area contributed by atoms with Crippen LogP contribution in [0.25, 0.3) is 0 Å². The van der Waals surface area contributed by atoms with Crippen molar-refractivity contribution in [1.82, 2.24) is 5.32 Å². The van der Waals surface area contributed by atoms with Gasteiger partial charge in [0.05, 0.1) is 17.3 Å². The summed E-state index contributed by atoms with van der Waals surface area (Å²) in [5, 5.41) is 14.7. The molecule has 0 amide bonds. The lowest BCUT2D eigenvalue weighted by molar-refractivity contribution is 0.146. The van der Waals surface area contributed by atoms with Crippen molar-refractivity contribution >= 4 is 23.0 Å². The summed E-state index contributed by atoms with van der Waals surface area (Å²) < 4.78 is 18.7. The molecule has 0 aliphatic heterocycles. The van der Waals surface area contributed by atoms with E-state index in [1.54, 1.807) is 0 Å². The lowest BCUT2D eigenvalue weighted by Crippen LogP contribution is -2.30. The lowest BCUT2D eigenvalue weighted by Gasteiger charge is -2.11. The second-order valence-corrected chi connectivity index (χ2v) is 4.15. The van der Waals surface area contributed by atoms with Crippen molar-refractivity contribution in [1.29, 1.82) is 5.26 Å². The van der Waals surface area contributed by atoms with Crippen LogP contribution in [0.4, 0.5) is 10.1 Å². The van der Waals surface area contributed by atoms with Crippen molar-refractivity contribution < 1.29 is 9.13 Å². The molecule has 4 nitrogen and oxygen atoms in total. The average Bonchev–Trinajstić information content (AvgIpc) is 2.41. The van der Waals surface area contributed by atoms with Gasteiger partial charge in [0.1, 0.15) is 5.82 Å². The number of rotatable bonds is 6. The van der Waals surface area contributed by atoms with Crippen molar-refractivity contribution in [3.8, 4) is 6.07 Å². The van der Waals surface area contributed by atoms with Crippen LogP contribution in [0.5, 0.6) is 0 Å². The van der Waals surface area contributed by atoms with Crippen LogP contribution in [0.3, 0.4) is 0 Å². The molecule has 102 valence electrons. The smallest absolute Gasteiger partial charge is 0.170 e. The maximum atomic E-state index is 13.6. The number of ether oxygens (including phenoxy) is 1. The van der Waals surface area contributed by atoms with Gasteiger partial charge in [-0.15, -0.1) is 0 Å². The van der Waals surface area contributed by atoms with Gasteiger partial charge in [-0.05, 0) is 43.8 Å². The van der Waals surface area contributed by atoms with Crippen molar-refractivity contribution in [2.24, 2.45) is 0 Å². The van der Waals surface area contributed by atoms with Crippen LogP contribution in [-0.2, 0) is 4.74 Å². The number of nitriles is 1. The largest absolute Gasteiger partial charge is 0.382 e. The number of halogens is 1. The van der Waals surface area contributed by atoms with Gasteiger partial charge in [0.2, 0.25) is 0 Å². The topological polar surface area (TPSA) is 57.1 Å². The predicted molar refractivity (Wildman–Crippen MR) is 76.4 cm³/mol. The fourth-order valence-corrected chi connectivity index (χ4v) is 1.59. The van der Waals surface area contributed by atoms with E-state index in [2.05, 4.69) is 10.6 Å². The van der Waals surface area contributed by atoms with Gasteiger partial charge in [-0.1, -0.05) is 0 Å². The number of nitrogens with one attached hydrogen (secondary N) is 2. The van der Waals surface area contributed by atoms with E-state index in [1.165, 1.54) is 18.2 Å². The van der Waals surface area contributed by atoms with E-state index in [1.807, 2.05) is 13.0 Å². The van der Waals surface area contributed by atoms with E-state index >= 15 is 0 Å². The third-order valence-electron chi connectivity index (χ3n) is 2.30. The minimum atomic E-state index is -0.502. The third kappa shape index (κ3) is 5.64. The number of hydrogen-bond donors (Lipinski definition) is 2. The number of benzene rings is 1. The summed E-state index contributed by atoms with van der Waals surface area (Å²) in [5.41, 5.74) is 0.528. The first-order chi connectivity index (χ1) is 9.17. The average molecular weight is 281 g/mol. The first kappa shape index (κ1) is 15.3. The molecule has 2 N–H and O–H groups in total. The molecular weight excluding hydrogens is 265 g/mol. The van der Waals surface area contributed by atoms with Gasteiger partial charge < -0.3 is 15.4 Å². The zero-order valence-corrected chi connectivity index (χ0v) is 11.5. The van der Waals surface area contributed by atoms with Gasteiger partial charge in [0.25, 0.3) is 0 Å². The monoisotopic (exact) mass is 281 g/mol. The quantitative estimate of drug-likeness (QED) is 0.619. The molecule has 0 radical (unpaired) electrons. The van der Waals surface area contributed by atoms with E-state index in [0.29, 0.717) is 24.9 Å². The first-order valence-corrected chi connectivity index (χ1v) is 6.40. The Morgan fingerprint density at radius 3 is 2.95 bits per heavy atom. The Labute approximate surface area is 117 Å². The summed E-state index contributed by atoms with van der Waals surface area (Å²) in [6, 6.07) is 6.06. The molecule has 0 heterocycles. The van der Waals surface area contributed by atoms with Crippen LogP contribution < -0.4 is 10.6 Å². The molecular formula is C13H16FN3OS. The molecule has 0 aliphatic rings. The Hall–Kier alpha value is -1.71. The van der Waals surface area contributed by atoms with Crippen molar-refractivity contribution in [3.05, 3.63) is 29.6 Å². The van der Waals surface area contributed by atoms with E-state index in [4.69, 9.17) is 22.2 Å². The second-order valence-electron chi connectivity index (χ2n) is 3.74. The molecule has 0 atom stereocenters. The molecule has 0 unspecified atom stereocenters. The standard InChI is InChI=1S/C13H16FN3OS/c1-2-18-7-3-6-16-13(19)17-12-5-4-10(9-15)8-11(12)14/h4-5,8H,2-3,6-7H2,1H3,(H2,16,17,19). The fraction of sp³-hybridized carbons (Fsp3) is 0.385. The molecule has 0 aliphatic carbocycles. The number of thiocarbonyl (C=S) groups is 1. The summed E-state index contributed by atoms with van der Waals surface area (Å²) >= 11 is 5.04. The van der Waals surface area contributed by atoms with Crippen molar-refractivity contribution in [2.45, 2.75) is 13.3 Å². The van der Waals surface area contributed by atoms with Crippen LogP contribution in [0.2, 0.25) is 0 Å². The van der Waals surface area contributed by atoms with Gasteiger partial charge in [-0.25, -0.2) is 4.39 Å². The Morgan fingerprint density at radius 2 is 2.32 bits per heavy atom. The molecule has 1 aromatic rings. The molecule has 1 rings (SSSR count). The summed E-state index contributed by atoms with van der Waals surface area (Å²) in [5.74, 6) is -0.502. The highest BCUT2D eigenvalue weighted by molar-refractivity contribution is 7.80. The zero-order chi connectivity index (χ0) is 14.1. The summed E-state index contributed by atoms with van der Waals surface area (Å²) in [7, 11) is 0. The highest BCUT2D eigenvalue weighted by Gasteiger charge is 2.04. The second kappa shape index (κ2) is 8.40. The van der Waals surface area contributed by atoms with Crippen LogP contribution in [-0.4, -0.2) is 24.9 Å². The number of anilines is 1. The van der Waals surface area contributed by atoms with E-state index in [-0.39, 0.29) is 11.3 Å². The van der Waals surface area contributed by atoms with Gasteiger partial charge in [0, 0.05) is 19.8 Å². The lowest BCUT2D eigenvalue weighted by atomic mass is 10.2. The van der Waals surface area contributed by atoms with Crippen LogP contribution in [0.15, 0.2) is 18.2 Å². The zero-order valence-electron chi connectivity index (χ0n) is 10.7. The van der Waals surface area contributed by atoms with Crippen LogP contribution >= 0.6 is 12.2 Å². The van der Waals surface area contributed by atoms with Crippen LogP contribution in [0, 0.1) is 17.1 Å². The first-order valence-electron chi connectivity index (χ1n) is 5.99. The third-order valence-corrected chi connectivity index (χ3v) is 2.55. The van der Waals surface area contributed by atoms with E-state index < -0.39 is 5.82 Å². The molecule has 1 aromatic carbocycles. The maximum absolute atomic E-state index is 13.6. The molecule has 0 saturated carbocycles. The van der Waals surface area contributed by atoms with Crippen molar-refractivity contribution in [3.63, 3.8) is 0 Å². The Morgan fingerprint density at radius 1 is 1.53 bits per heavy atom. The molecule has 0 saturated heterocycles. The minimum Gasteiger partial charge on any atom is -0.382 e. The van der Waals surface area contributed by atoms with Gasteiger partial charge in [-0.3, -0.25) is 0 Å². The van der Waals surface area contributed by atoms with Gasteiger partial charge >= 0.3 is 0 Å². The highest BCUT2D eigenvalue weighted by Crippen LogP contribution is 2.15. The minimum absolute atomic E-state index is 0.251. The maximum Gasteiger partial charge on any atom is 0.170 e. The summed E-state index contributed by atoms with van der Waals surface area (Å²) in [6.45, 7) is 3.95. The molecule has 0 aromatic heterocycles. The van der Waals surface area contributed by atoms with Crippen LogP contribution in [0.1, 0.15) is 18.9 Å². The summed E-state index contributed by atoms with van der Waals surface area (Å²) in [6.07, 6.45) is 0.825. The Balaban J connectivity index is 2.38. The Bertz CT molecular complexity index is 473. The SMILES string of the molecule is CCOCCCNC(=S)Nc1ccc(C#N)cc1F. The van der Waals surface area contributed by atoms with E-state index in [9.17, 15) is 4.39 Å². The van der Waals surface area contributed by atoms with Gasteiger partial charge in [0.15, 0.2) is 5.11 Å². The summed E-state index contributed by atoms with van der Waals surface area (Å²) in [4.78, 5) is 0. The number of hydrogen-bond acceptors (Lipinski definition) is 3. The predicted octanol–water partition coefficient (Wildman–Crippen LogP) is 2.41. The Kier molecular flexibility index (Phi) is 6.79. The normalized spacial score (nSPS) is 9.74.